The smallest absolute Gasteiger partial charge is 0.127 e. The Morgan fingerprint density at radius 3 is 1.72 bits per heavy atom. The largest absolute Gasteiger partial charge is 0.508 e. The molecule has 2 nitrogen and oxygen atoms in total. The molecule has 0 heterocycles. The van der Waals surface area contributed by atoms with E-state index in [1.807, 2.05) is 26.0 Å². The molecule has 0 fully saturated rings. The maximum Gasteiger partial charge on any atom is 0.127 e. The summed E-state index contributed by atoms with van der Waals surface area (Å²) in [5.74, 6) is 1.78. The van der Waals surface area contributed by atoms with E-state index < -0.39 is 0 Å². The van der Waals surface area contributed by atoms with E-state index >= 15 is 0 Å². The molecule has 1 N–H and O–H groups in total. The molecule has 2 heteroatoms. The van der Waals surface area contributed by atoms with E-state index in [1.165, 1.54) is 5.56 Å². The number of benzene rings is 2. The van der Waals surface area contributed by atoms with E-state index in [4.69, 9.17) is 9.84 Å². The van der Waals surface area contributed by atoms with Crippen LogP contribution in [0.2, 0.25) is 0 Å². The maximum atomic E-state index is 9.14. The molecule has 0 spiro atoms. The molecule has 0 aliphatic carbocycles. The zero-order valence-electron chi connectivity index (χ0n) is 11.2. The number of ether oxygens (including phenoxy) is 1. The first-order valence-corrected chi connectivity index (χ1v) is 6.34. The number of rotatable bonds is 3. The van der Waals surface area contributed by atoms with Crippen molar-refractivity contribution in [2.24, 2.45) is 0 Å². The van der Waals surface area contributed by atoms with Crippen LogP contribution in [0.3, 0.4) is 0 Å². The molecular formula is C16H20O2. The minimum Gasteiger partial charge on any atom is -0.508 e. The molecule has 0 atom stereocenters. The highest BCUT2D eigenvalue weighted by atomic mass is 16.5. The highest BCUT2D eigenvalue weighted by Crippen LogP contribution is 2.23. The van der Waals surface area contributed by atoms with Crippen molar-refractivity contribution in [1.82, 2.24) is 0 Å². The molecule has 2 aromatic carbocycles. The summed E-state index contributed by atoms with van der Waals surface area (Å²) in [7, 11) is 0. The lowest BCUT2D eigenvalue weighted by molar-refractivity contribution is 0.464. The first kappa shape index (κ1) is 14.1. The Kier molecular flexibility index (Phi) is 5.78. The molecule has 0 unspecified atom stereocenters. The van der Waals surface area contributed by atoms with Gasteiger partial charge >= 0.3 is 0 Å². The Hall–Kier alpha value is -1.96. The number of aryl methyl sites for hydroxylation is 1. The van der Waals surface area contributed by atoms with E-state index in [0.717, 1.165) is 17.9 Å². The highest BCUT2D eigenvalue weighted by molar-refractivity contribution is 5.35. The van der Waals surface area contributed by atoms with Crippen molar-refractivity contribution in [2.45, 2.75) is 27.2 Å². The van der Waals surface area contributed by atoms with Gasteiger partial charge in [0.2, 0.25) is 0 Å². The summed E-state index contributed by atoms with van der Waals surface area (Å²) in [5.41, 5.74) is 1.29. The third-order valence-electron chi connectivity index (χ3n) is 2.40. The van der Waals surface area contributed by atoms with Gasteiger partial charge in [0.05, 0.1) is 0 Å². The first-order chi connectivity index (χ1) is 8.78. The van der Waals surface area contributed by atoms with Crippen LogP contribution in [0.25, 0.3) is 0 Å². The van der Waals surface area contributed by atoms with Crippen LogP contribution in [0.4, 0.5) is 0 Å². The van der Waals surface area contributed by atoms with Crippen molar-refractivity contribution in [3.63, 3.8) is 0 Å². The summed E-state index contributed by atoms with van der Waals surface area (Å²) < 4.78 is 5.62. The summed E-state index contributed by atoms with van der Waals surface area (Å²) in [6.07, 6.45) is 1.03. The topological polar surface area (TPSA) is 29.5 Å². The first-order valence-electron chi connectivity index (χ1n) is 6.34. The fraction of sp³-hybridized carbons (Fsp3) is 0.250. The number of aromatic hydroxyl groups is 1. The van der Waals surface area contributed by atoms with Gasteiger partial charge in [0.15, 0.2) is 0 Å². The Balaban J connectivity index is 0.000000771. The minimum absolute atomic E-state index is 0.244. The van der Waals surface area contributed by atoms with Crippen LogP contribution in [0, 0.1) is 0 Å². The predicted octanol–water partition coefficient (Wildman–Crippen LogP) is 4.77. The summed E-state index contributed by atoms with van der Waals surface area (Å²) in [4.78, 5) is 0. The van der Waals surface area contributed by atoms with Gasteiger partial charge in [0.25, 0.3) is 0 Å². The number of phenolic OH excluding ortho intramolecular Hbond substituents is 1. The maximum absolute atomic E-state index is 9.14. The lowest BCUT2D eigenvalue weighted by Crippen LogP contribution is -1.84. The summed E-state index contributed by atoms with van der Waals surface area (Å²) in [6, 6.07) is 14.7. The van der Waals surface area contributed by atoms with Gasteiger partial charge in [-0.15, -0.1) is 0 Å². The minimum atomic E-state index is 0.244. The SMILES string of the molecule is CC.CCc1ccc(Oc2ccc(O)cc2)cc1. The van der Waals surface area contributed by atoms with Gasteiger partial charge in [-0.1, -0.05) is 32.9 Å². The van der Waals surface area contributed by atoms with Gasteiger partial charge in [-0.25, -0.2) is 0 Å². The Labute approximate surface area is 109 Å². The molecule has 18 heavy (non-hydrogen) atoms. The molecule has 0 saturated heterocycles. The van der Waals surface area contributed by atoms with Crippen LogP contribution in [0.5, 0.6) is 17.2 Å². The zero-order chi connectivity index (χ0) is 13.4. The molecule has 2 aromatic rings. The van der Waals surface area contributed by atoms with Gasteiger partial charge in [-0.3, -0.25) is 0 Å². The molecule has 0 amide bonds. The zero-order valence-corrected chi connectivity index (χ0v) is 11.2. The Bertz CT molecular complexity index is 444. The van der Waals surface area contributed by atoms with Crippen molar-refractivity contribution in [3.8, 4) is 17.2 Å². The lowest BCUT2D eigenvalue weighted by atomic mass is 10.2. The molecule has 0 aliphatic heterocycles. The summed E-state index contributed by atoms with van der Waals surface area (Å²) >= 11 is 0. The molecule has 0 aromatic heterocycles. The van der Waals surface area contributed by atoms with Crippen LogP contribution in [-0.4, -0.2) is 5.11 Å². The van der Waals surface area contributed by atoms with Crippen molar-refractivity contribution in [3.05, 3.63) is 54.1 Å². The molecule has 2 rings (SSSR count). The second-order valence-corrected chi connectivity index (χ2v) is 3.59. The van der Waals surface area contributed by atoms with E-state index in [1.54, 1.807) is 24.3 Å². The van der Waals surface area contributed by atoms with E-state index in [2.05, 4.69) is 19.1 Å². The molecular weight excluding hydrogens is 224 g/mol. The number of hydrogen-bond donors (Lipinski definition) is 1. The lowest BCUT2D eigenvalue weighted by Gasteiger charge is -2.06. The summed E-state index contributed by atoms with van der Waals surface area (Å²) in [6.45, 7) is 6.12. The average molecular weight is 244 g/mol. The average Bonchev–Trinajstić information content (AvgIpc) is 2.44. The predicted molar refractivity (Wildman–Crippen MR) is 75.3 cm³/mol. The van der Waals surface area contributed by atoms with Crippen LogP contribution in [0.1, 0.15) is 26.3 Å². The van der Waals surface area contributed by atoms with Crippen molar-refractivity contribution >= 4 is 0 Å². The van der Waals surface area contributed by atoms with Crippen molar-refractivity contribution in [2.75, 3.05) is 0 Å². The van der Waals surface area contributed by atoms with E-state index in [0.29, 0.717) is 0 Å². The van der Waals surface area contributed by atoms with Crippen molar-refractivity contribution < 1.29 is 9.84 Å². The molecule has 0 bridgehead atoms. The van der Waals surface area contributed by atoms with Gasteiger partial charge in [0, 0.05) is 0 Å². The van der Waals surface area contributed by atoms with Crippen LogP contribution in [0.15, 0.2) is 48.5 Å². The Morgan fingerprint density at radius 2 is 1.28 bits per heavy atom. The van der Waals surface area contributed by atoms with E-state index in [-0.39, 0.29) is 5.75 Å². The van der Waals surface area contributed by atoms with Gasteiger partial charge in [-0.05, 0) is 48.4 Å². The summed E-state index contributed by atoms with van der Waals surface area (Å²) in [5, 5.41) is 9.14. The number of phenols is 1. The third kappa shape index (κ3) is 4.13. The van der Waals surface area contributed by atoms with E-state index in [9.17, 15) is 0 Å². The highest BCUT2D eigenvalue weighted by Gasteiger charge is 1.97. The monoisotopic (exact) mass is 244 g/mol. The second kappa shape index (κ2) is 7.38. The van der Waals surface area contributed by atoms with Crippen LogP contribution >= 0.6 is 0 Å². The Morgan fingerprint density at radius 1 is 0.833 bits per heavy atom. The van der Waals surface area contributed by atoms with Gasteiger partial charge < -0.3 is 9.84 Å². The number of hydrogen-bond acceptors (Lipinski definition) is 2. The molecule has 0 saturated carbocycles. The quantitative estimate of drug-likeness (QED) is 0.842. The van der Waals surface area contributed by atoms with Gasteiger partial charge in [-0.2, -0.15) is 0 Å². The molecule has 0 aliphatic rings. The fourth-order valence-electron chi connectivity index (χ4n) is 1.44. The third-order valence-corrected chi connectivity index (χ3v) is 2.40. The standard InChI is InChI=1S/C14H14O2.C2H6/c1-2-11-3-7-13(8-4-11)16-14-9-5-12(15)6-10-14;1-2/h3-10,15H,2H2,1H3;1-2H3. The van der Waals surface area contributed by atoms with Gasteiger partial charge in [0.1, 0.15) is 17.2 Å². The molecule has 0 radical (unpaired) electrons. The normalized spacial score (nSPS) is 9.28. The van der Waals surface area contributed by atoms with Crippen LogP contribution < -0.4 is 4.74 Å². The second-order valence-electron chi connectivity index (χ2n) is 3.59. The molecule has 96 valence electrons. The van der Waals surface area contributed by atoms with Crippen molar-refractivity contribution in [1.29, 1.82) is 0 Å². The fourth-order valence-corrected chi connectivity index (χ4v) is 1.44. The van der Waals surface area contributed by atoms with Crippen LogP contribution in [-0.2, 0) is 6.42 Å².